The summed E-state index contributed by atoms with van der Waals surface area (Å²) in [5, 5.41) is 10.1. The van der Waals surface area contributed by atoms with E-state index in [-0.39, 0.29) is 0 Å². The number of anilines is 6. The van der Waals surface area contributed by atoms with Gasteiger partial charge in [0.15, 0.2) is 7.28 Å². The van der Waals surface area contributed by atoms with Crippen LogP contribution in [0.25, 0.3) is 84.0 Å². The zero-order valence-corrected chi connectivity index (χ0v) is 36.1. The van der Waals surface area contributed by atoms with Crippen LogP contribution in [0, 0.1) is 0 Å². The highest BCUT2D eigenvalue weighted by atomic mass is 32.1. The van der Waals surface area contributed by atoms with Gasteiger partial charge in [0, 0.05) is 96.3 Å². The van der Waals surface area contributed by atoms with Crippen LogP contribution in [-0.2, 0) is 0 Å². The van der Waals surface area contributed by atoms with Crippen LogP contribution in [0.5, 0.6) is 0 Å². The molecule has 297 valence electrons. The van der Waals surface area contributed by atoms with Gasteiger partial charge < -0.3 is 14.8 Å². The molecule has 0 atom stereocenters. The van der Waals surface area contributed by atoms with E-state index in [0.29, 0.717) is 0 Å². The van der Waals surface area contributed by atoms with Crippen LogP contribution in [0.4, 0.5) is 34.1 Å². The molecule has 0 unspecified atom stereocenters. The zero-order chi connectivity index (χ0) is 41.9. The van der Waals surface area contributed by atoms with E-state index in [9.17, 15) is 0 Å². The number of H-pyrrole nitrogens is 1. The fourth-order valence-electron chi connectivity index (χ4n) is 10.3. The number of nitrogens with one attached hydrogen (secondary N) is 1. The zero-order valence-electron chi connectivity index (χ0n) is 34.4. The molecule has 0 fully saturated rings. The Morgan fingerprint density at radius 2 is 1.03 bits per heavy atom. The van der Waals surface area contributed by atoms with Crippen molar-refractivity contribution < 1.29 is 0 Å². The molecule has 1 aliphatic rings. The van der Waals surface area contributed by atoms with E-state index >= 15 is 0 Å². The molecule has 64 heavy (non-hydrogen) atoms. The van der Waals surface area contributed by atoms with Gasteiger partial charge in [-0.2, -0.15) is 0 Å². The lowest BCUT2D eigenvalue weighted by Gasteiger charge is -2.37. The molecule has 0 aliphatic carbocycles. The number of hydrogen-bond acceptors (Lipinski definition) is 4. The molecule has 0 saturated heterocycles. The van der Waals surface area contributed by atoms with Crippen molar-refractivity contribution >= 4 is 148 Å². The summed E-state index contributed by atoms with van der Waals surface area (Å²) >= 11 is 3.74. The number of aromatic nitrogens is 1. The molecule has 3 nitrogen and oxygen atoms in total. The molecule has 1 aliphatic heterocycles. The van der Waals surface area contributed by atoms with Gasteiger partial charge in [-0.15, -0.1) is 22.7 Å². The molecular formula is C58H35BN3S2. The highest BCUT2D eigenvalue weighted by Gasteiger charge is 2.31. The number of hydrogen-bond donors (Lipinski definition) is 1. The molecule has 10 aromatic carbocycles. The number of nitrogens with zero attached hydrogens (tertiary/aromatic N) is 2. The second-order valence-electron chi connectivity index (χ2n) is 16.8. The van der Waals surface area contributed by atoms with Gasteiger partial charge in [0.05, 0.1) is 5.52 Å². The number of rotatable bonds is 5. The summed E-state index contributed by atoms with van der Waals surface area (Å²) in [5.41, 5.74) is 13.7. The van der Waals surface area contributed by atoms with Crippen molar-refractivity contribution in [3.8, 4) is 11.1 Å². The molecular weight excluding hydrogens is 814 g/mol. The standard InChI is InChI=1S/C58H35BN3S2/c1-3-16-37(17-4-1)61(38-18-5-2-6-19-38)40-31-48(44-23-13-22-43-45-28-35-14-7-8-15-36(35)29-50(45)60-58(43)44)57-52(32-40)62(39-26-27-55-46(30-39)41-20-9-11-24-53(41)63-55)51-33-47-42-21-10-12-25-54(42)64-56(47)34-49(51)59-57/h1-34,60H. The predicted molar refractivity (Wildman–Crippen MR) is 279 cm³/mol. The monoisotopic (exact) mass is 848 g/mol. The van der Waals surface area contributed by atoms with Crippen molar-refractivity contribution in [1.82, 2.24) is 4.98 Å². The minimum absolute atomic E-state index is 1.08. The van der Waals surface area contributed by atoms with Crippen molar-refractivity contribution in [2.45, 2.75) is 0 Å². The Labute approximate surface area is 377 Å². The normalized spacial score (nSPS) is 12.5. The van der Waals surface area contributed by atoms with Gasteiger partial charge in [0.2, 0.25) is 0 Å². The van der Waals surface area contributed by atoms with Crippen LogP contribution in [0.3, 0.4) is 0 Å². The van der Waals surface area contributed by atoms with E-state index in [1.807, 2.05) is 22.7 Å². The molecule has 4 heterocycles. The fourth-order valence-corrected chi connectivity index (χ4v) is 12.5. The number of fused-ring (bicyclic) bond motifs is 12. The third kappa shape index (κ3) is 5.46. The second-order valence-corrected chi connectivity index (χ2v) is 19.0. The van der Waals surface area contributed by atoms with Crippen molar-refractivity contribution in [2.24, 2.45) is 0 Å². The highest BCUT2D eigenvalue weighted by molar-refractivity contribution is 7.26. The lowest BCUT2D eigenvalue weighted by molar-refractivity contribution is 1.26. The van der Waals surface area contributed by atoms with Gasteiger partial charge in [-0.25, -0.2) is 0 Å². The van der Waals surface area contributed by atoms with Crippen LogP contribution in [-0.4, -0.2) is 12.3 Å². The quantitative estimate of drug-likeness (QED) is 0.174. The Hall–Kier alpha value is -7.64. The van der Waals surface area contributed by atoms with E-state index in [4.69, 9.17) is 0 Å². The molecule has 0 saturated carbocycles. The van der Waals surface area contributed by atoms with Gasteiger partial charge in [-0.1, -0.05) is 121 Å². The van der Waals surface area contributed by atoms with E-state index in [2.05, 4.69) is 228 Å². The third-order valence-corrected chi connectivity index (χ3v) is 15.4. The van der Waals surface area contributed by atoms with Gasteiger partial charge in [-0.3, -0.25) is 0 Å². The van der Waals surface area contributed by atoms with Crippen LogP contribution in [0.1, 0.15) is 0 Å². The van der Waals surface area contributed by atoms with E-state index in [0.717, 1.165) is 39.5 Å². The van der Waals surface area contributed by atoms with Crippen LogP contribution in [0.2, 0.25) is 0 Å². The van der Waals surface area contributed by atoms with Crippen LogP contribution < -0.4 is 20.7 Å². The maximum absolute atomic E-state index is 3.95. The largest absolute Gasteiger partial charge is 0.354 e. The van der Waals surface area contributed by atoms with Crippen molar-refractivity contribution in [3.63, 3.8) is 0 Å². The Morgan fingerprint density at radius 1 is 0.406 bits per heavy atom. The Balaban J connectivity index is 1.10. The molecule has 6 heteroatoms. The number of para-hydroxylation sites is 3. The number of thiophene rings is 2. The molecule has 13 aromatic rings. The lowest BCUT2D eigenvalue weighted by atomic mass is 9.58. The summed E-state index contributed by atoms with van der Waals surface area (Å²) < 4.78 is 5.19. The fraction of sp³-hybridized carbons (Fsp3) is 0. The summed E-state index contributed by atoms with van der Waals surface area (Å²) in [6.07, 6.45) is 0. The lowest BCUT2D eigenvalue weighted by Crippen LogP contribution is -2.41. The van der Waals surface area contributed by atoms with Crippen molar-refractivity contribution in [3.05, 3.63) is 206 Å². The topological polar surface area (TPSA) is 22.3 Å². The van der Waals surface area contributed by atoms with Crippen molar-refractivity contribution in [2.75, 3.05) is 9.80 Å². The first-order valence-corrected chi connectivity index (χ1v) is 23.4. The van der Waals surface area contributed by atoms with Crippen LogP contribution >= 0.6 is 22.7 Å². The molecule has 1 radical (unpaired) electrons. The second kappa shape index (κ2) is 13.9. The van der Waals surface area contributed by atoms with E-state index < -0.39 is 0 Å². The first-order valence-electron chi connectivity index (χ1n) is 21.7. The Kier molecular flexibility index (Phi) is 7.82. The maximum Gasteiger partial charge on any atom is 0.197 e. The van der Waals surface area contributed by atoms with Gasteiger partial charge in [-0.05, 0) is 113 Å². The van der Waals surface area contributed by atoms with Crippen LogP contribution in [0.15, 0.2) is 206 Å². The Morgan fingerprint density at radius 3 is 1.78 bits per heavy atom. The van der Waals surface area contributed by atoms with E-state index in [1.165, 1.54) is 89.6 Å². The highest BCUT2D eigenvalue weighted by Crippen LogP contribution is 2.47. The van der Waals surface area contributed by atoms with Gasteiger partial charge >= 0.3 is 0 Å². The summed E-state index contributed by atoms with van der Waals surface area (Å²) in [4.78, 5) is 8.90. The number of benzene rings is 10. The summed E-state index contributed by atoms with van der Waals surface area (Å²) in [5.74, 6) is 0. The maximum atomic E-state index is 3.95. The SMILES string of the molecule is [B]1c2cc3sc4ccccc4c3cc2N(c2ccc3sc4ccccc4c3c2)c2cc(N(c3ccccc3)c3ccccc3)cc(-c3cccc4c3[nH]c3cc5ccccc5cc34)c21. The van der Waals surface area contributed by atoms with Gasteiger partial charge in [0.1, 0.15) is 0 Å². The average molecular weight is 849 g/mol. The van der Waals surface area contributed by atoms with Crippen molar-refractivity contribution in [1.29, 1.82) is 0 Å². The molecule has 1 N–H and O–H groups in total. The first-order chi connectivity index (χ1) is 31.7. The number of aromatic amines is 1. The smallest absolute Gasteiger partial charge is 0.197 e. The molecule has 14 rings (SSSR count). The molecule has 0 bridgehead atoms. The summed E-state index contributed by atoms with van der Waals surface area (Å²) in [6, 6.07) is 76.1. The Bertz CT molecular complexity index is 3980. The predicted octanol–water partition coefficient (Wildman–Crippen LogP) is 15.8. The third-order valence-electron chi connectivity index (χ3n) is 13.1. The molecule has 0 spiro atoms. The summed E-state index contributed by atoms with van der Waals surface area (Å²) in [6.45, 7) is 0. The average Bonchev–Trinajstić information content (AvgIpc) is 4.03. The minimum atomic E-state index is 1.08. The summed E-state index contributed by atoms with van der Waals surface area (Å²) in [7, 11) is 2.45. The molecule has 0 amide bonds. The van der Waals surface area contributed by atoms with E-state index in [1.54, 1.807) is 0 Å². The van der Waals surface area contributed by atoms with Gasteiger partial charge in [0.25, 0.3) is 0 Å². The minimum Gasteiger partial charge on any atom is -0.354 e. The molecule has 3 aromatic heterocycles. The first kappa shape index (κ1) is 35.9.